The van der Waals surface area contributed by atoms with Gasteiger partial charge in [-0.05, 0) is 24.6 Å². The molecule has 1 aromatic heterocycles. The predicted molar refractivity (Wildman–Crippen MR) is 77.4 cm³/mol. The third kappa shape index (κ3) is 3.48. The molecule has 1 heterocycles. The molecule has 20 heavy (non-hydrogen) atoms. The summed E-state index contributed by atoms with van der Waals surface area (Å²) in [4.78, 5) is 0. The van der Waals surface area contributed by atoms with Crippen molar-refractivity contribution < 1.29 is 13.9 Å². The van der Waals surface area contributed by atoms with Crippen molar-refractivity contribution in [2.75, 3.05) is 14.2 Å². The van der Waals surface area contributed by atoms with Gasteiger partial charge in [0.05, 0.1) is 18.3 Å². The lowest BCUT2D eigenvalue weighted by Gasteiger charge is -2.27. The Balaban J connectivity index is 2.20. The summed E-state index contributed by atoms with van der Waals surface area (Å²) in [7, 11) is 3.27. The molecule has 0 aliphatic rings. The van der Waals surface area contributed by atoms with Crippen LogP contribution < -0.4 is 5.32 Å². The Morgan fingerprint density at radius 1 is 1.00 bits per heavy atom. The minimum atomic E-state index is -0.309. The van der Waals surface area contributed by atoms with E-state index in [1.54, 1.807) is 20.5 Å². The maximum absolute atomic E-state index is 5.55. The molecule has 108 valence electrons. The largest absolute Gasteiger partial charge is 0.467 e. The van der Waals surface area contributed by atoms with Crippen molar-refractivity contribution in [2.45, 2.75) is 25.3 Å². The molecule has 4 heteroatoms. The van der Waals surface area contributed by atoms with Gasteiger partial charge in [-0.1, -0.05) is 30.3 Å². The molecule has 0 aliphatic heterocycles. The first-order valence-corrected chi connectivity index (χ1v) is 6.66. The zero-order chi connectivity index (χ0) is 14.4. The Hall–Kier alpha value is -1.62. The lowest BCUT2D eigenvalue weighted by Crippen LogP contribution is -2.41. The predicted octanol–water partition coefficient (Wildman–Crippen LogP) is 2.97. The highest BCUT2D eigenvalue weighted by Crippen LogP contribution is 2.23. The highest BCUT2D eigenvalue weighted by atomic mass is 16.7. The second kappa shape index (κ2) is 7.24. The van der Waals surface area contributed by atoms with E-state index in [-0.39, 0.29) is 18.4 Å². The Kier molecular flexibility index (Phi) is 5.35. The fourth-order valence-electron chi connectivity index (χ4n) is 2.29. The van der Waals surface area contributed by atoms with Gasteiger partial charge in [0.2, 0.25) is 0 Å². The number of furan rings is 1. The fourth-order valence-corrected chi connectivity index (χ4v) is 2.29. The van der Waals surface area contributed by atoms with E-state index < -0.39 is 0 Å². The number of rotatable bonds is 7. The summed E-state index contributed by atoms with van der Waals surface area (Å²) < 4.78 is 16.2. The van der Waals surface area contributed by atoms with Crippen LogP contribution in [-0.2, 0) is 9.47 Å². The van der Waals surface area contributed by atoms with Crippen LogP contribution in [-0.4, -0.2) is 26.6 Å². The van der Waals surface area contributed by atoms with Crippen LogP contribution in [0.4, 0.5) is 0 Å². The monoisotopic (exact) mass is 275 g/mol. The van der Waals surface area contributed by atoms with Crippen molar-refractivity contribution in [1.82, 2.24) is 5.32 Å². The van der Waals surface area contributed by atoms with Gasteiger partial charge in [0.1, 0.15) is 5.76 Å². The van der Waals surface area contributed by atoms with Crippen molar-refractivity contribution in [3.63, 3.8) is 0 Å². The van der Waals surface area contributed by atoms with E-state index >= 15 is 0 Å². The van der Waals surface area contributed by atoms with Crippen molar-refractivity contribution in [3.05, 3.63) is 60.1 Å². The number of methoxy groups -OCH3 is 2. The van der Waals surface area contributed by atoms with Crippen LogP contribution in [0.25, 0.3) is 0 Å². The number of benzene rings is 1. The molecule has 0 saturated carbocycles. The molecule has 0 spiro atoms. The molecule has 2 aromatic rings. The third-order valence-electron chi connectivity index (χ3n) is 3.26. The number of nitrogens with one attached hydrogen (secondary N) is 1. The minimum absolute atomic E-state index is 0.0142. The van der Waals surface area contributed by atoms with Crippen LogP contribution in [0.1, 0.15) is 24.3 Å². The van der Waals surface area contributed by atoms with Crippen LogP contribution in [0, 0.1) is 0 Å². The van der Waals surface area contributed by atoms with Gasteiger partial charge in [0.15, 0.2) is 6.29 Å². The average molecular weight is 275 g/mol. The number of hydrogen-bond acceptors (Lipinski definition) is 4. The Morgan fingerprint density at radius 2 is 1.70 bits per heavy atom. The zero-order valence-corrected chi connectivity index (χ0v) is 12.1. The van der Waals surface area contributed by atoms with Gasteiger partial charge >= 0.3 is 0 Å². The third-order valence-corrected chi connectivity index (χ3v) is 3.26. The molecule has 1 N–H and O–H groups in total. The molecule has 0 bridgehead atoms. The zero-order valence-electron chi connectivity index (χ0n) is 12.1. The SMILES string of the molecule is COC(OC)C(C)NC(c1ccccc1)c1ccco1. The van der Waals surface area contributed by atoms with E-state index in [1.807, 2.05) is 37.3 Å². The van der Waals surface area contributed by atoms with E-state index in [0.29, 0.717) is 0 Å². The van der Waals surface area contributed by atoms with Gasteiger partial charge in [-0.3, -0.25) is 5.32 Å². The smallest absolute Gasteiger partial charge is 0.171 e. The van der Waals surface area contributed by atoms with Gasteiger partial charge in [-0.15, -0.1) is 0 Å². The molecule has 0 aliphatic carbocycles. The topological polar surface area (TPSA) is 43.6 Å². The first-order valence-electron chi connectivity index (χ1n) is 6.66. The van der Waals surface area contributed by atoms with E-state index in [4.69, 9.17) is 13.9 Å². The van der Waals surface area contributed by atoms with E-state index in [0.717, 1.165) is 11.3 Å². The lowest BCUT2D eigenvalue weighted by molar-refractivity contribution is -0.120. The summed E-state index contributed by atoms with van der Waals surface area (Å²) in [6.07, 6.45) is 1.37. The maximum Gasteiger partial charge on any atom is 0.171 e. The van der Waals surface area contributed by atoms with Gasteiger partial charge in [-0.25, -0.2) is 0 Å². The van der Waals surface area contributed by atoms with Crippen molar-refractivity contribution in [2.24, 2.45) is 0 Å². The quantitative estimate of drug-likeness (QED) is 0.789. The lowest BCUT2D eigenvalue weighted by atomic mass is 10.0. The van der Waals surface area contributed by atoms with Gasteiger partial charge < -0.3 is 13.9 Å². The van der Waals surface area contributed by atoms with E-state index in [9.17, 15) is 0 Å². The second-order valence-corrected chi connectivity index (χ2v) is 4.65. The maximum atomic E-state index is 5.55. The standard InChI is InChI=1S/C16H21NO3/c1-12(16(18-2)19-3)17-15(14-10-7-11-20-14)13-8-5-4-6-9-13/h4-12,15-17H,1-3H3. The van der Waals surface area contributed by atoms with E-state index in [2.05, 4.69) is 17.4 Å². The summed E-state index contributed by atoms with van der Waals surface area (Å²) in [5, 5.41) is 3.49. The molecular weight excluding hydrogens is 254 g/mol. The second-order valence-electron chi connectivity index (χ2n) is 4.65. The van der Waals surface area contributed by atoms with Crippen molar-refractivity contribution in [1.29, 1.82) is 0 Å². The molecule has 0 amide bonds. The van der Waals surface area contributed by atoms with Gasteiger partial charge in [0.25, 0.3) is 0 Å². The minimum Gasteiger partial charge on any atom is -0.467 e. The Bertz CT molecular complexity index is 480. The van der Waals surface area contributed by atoms with Crippen LogP contribution in [0.5, 0.6) is 0 Å². The highest BCUT2D eigenvalue weighted by molar-refractivity contribution is 5.26. The molecule has 0 fully saturated rings. The molecule has 0 saturated heterocycles. The summed E-state index contributed by atoms with van der Waals surface area (Å²) in [5.74, 6) is 0.869. The number of ether oxygens (including phenoxy) is 2. The Morgan fingerprint density at radius 3 is 2.25 bits per heavy atom. The van der Waals surface area contributed by atoms with Crippen molar-refractivity contribution >= 4 is 0 Å². The van der Waals surface area contributed by atoms with Gasteiger partial charge in [-0.2, -0.15) is 0 Å². The average Bonchev–Trinajstić information content (AvgIpc) is 3.01. The Labute approximate surface area is 119 Å². The molecule has 2 rings (SSSR count). The molecular formula is C16H21NO3. The summed E-state index contributed by atoms with van der Waals surface area (Å²) in [6.45, 7) is 2.02. The molecule has 1 aromatic carbocycles. The normalized spacial score (nSPS) is 14.4. The molecule has 4 nitrogen and oxygen atoms in total. The highest BCUT2D eigenvalue weighted by Gasteiger charge is 2.23. The summed E-state index contributed by atoms with van der Waals surface area (Å²) in [5.41, 5.74) is 1.14. The molecule has 0 radical (unpaired) electrons. The summed E-state index contributed by atoms with van der Waals surface area (Å²) >= 11 is 0. The van der Waals surface area contributed by atoms with Crippen molar-refractivity contribution in [3.8, 4) is 0 Å². The fraction of sp³-hybridized carbons (Fsp3) is 0.375. The number of hydrogen-bond donors (Lipinski definition) is 1. The van der Waals surface area contributed by atoms with Crippen LogP contribution in [0.3, 0.4) is 0 Å². The van der Waals surface area contributed by atoms with E-state index in [1.165, 1.54) is 0 Å². The summed E-state index contributed by atoms with van der Waals surface area (Å²) in [6, 6.07) is 14.0. The first-order chi connectivity index (χ1) is 9.76. The van der Waals surface area contributed by atoms with Crippen LogP contribution in [0.2, 0.25) is 0 Å². The molecule has 2 unspecified atom stereocenters. The van der Waals surface area contributed by atoms with Crippen LogP contribution in [0.15, 0.2) is 53.1 Å². The first kappa shape index (κ1) is 14.8. The van der Waals surface area contributed by atoms with Gasteiger partial charge in [0, 0.05) is 14.2 Å². The van der Waals surface area contributed by atoms with Crippen LogP contribution >= 0.6 is 0 Å². The molecule has 2 atom stereocenters.